The Hall–Kier alpha value is -2.67. The molecule has 1 aliphatic heterocycles. The molecule has 1 N–H and O–H groups in total. The van der Waals surface area contributed by atoms with Gasteiger partial charge in [-0.2, -0.15) is 0 Å². The number of fused-ring (bicyclic) bond motifs is 2. The Morgan fingerprint density at radius 3 is 2.77 bits per heavy atom. The molecule has 0 atom stereocenters. The van der Waals surface area contributed by atoms with Crippen LogP contribution in [0.2, 0.25) is 0 Å². The molecule has 134 valence electrons. The summed E-state index contributed by atoms with van der Waals surface area (Å²) >= 11 is 1.22. The number of hydrogen-bond donors (Lipinski definition) is 1. The number of carboxylic acids is 1. The Morgan fingerprint density at radius 1 is 1.35 bits per heavy atom. The van der Waals surface area contributed by atoms with Crippen molar-refractivity contribution in [2.24, 2.45) is 0 Å². The number of benzene rings is 1. The fourth-order valence-corrected chi connectivity index (χ4v) is 4.85. The molecular weight excluding hydrogens is 350 g/mol. The first-order chi connectivity index (χ1) is 12.4. The van der Waals surface area contributed by atoms with E-state index >= 15 is 0 Å². The molecule has 0 bridgehead atoms. The molecule has 0 spiro atoms. The van der Waals surface area contributed by atoms with E-state index in [1.807, 2.05) is 30.4 Å². The van der Waals surface area contributed by atoms with Gasteiger partial charge in [-0.1, -0.05) is 24.3 Å². The van der Waals surface area contributed by atoms with Gasteiger partial charge in [0.1, 0.15) is 4.88 Å². The van der Waals surface area contributed by atoms with E-state index in [1.165, 1.54) is 11.3 Å². The molecule has 0 saturated carbocycles. The molecule has 0 aliphatic carbocycles. The minimum atomic E-state index is -0.903. The van der Waals surface area contributed by atoms with E-state index in [4.69, 9.17) is 4.98 Å². The van der Waals surface area contributed by atoms with Crippen molar-refractivity contribution < 1.29 is 14.7 Å². The van der Waals surface area contributed by atoms with Crippen molar-refractivity contribution in [3.8, 4) is 11.3 Å². The fraction of sp³-hybridized carbons (Fsp3) is 0.316. The largest absolute Gasteiger partial charge is 0.477 e. The third kappa shape index (κ3) is 2.34. The van der Waals surface area contributed by atoms with Crippen molar-refractivity contribution in [2.75, 3.05) is 11.4 Å². The van der Waals surface area contributed by atoms with Crippen molar-refractivity contribution in [3.05, 3.63) is 40.0 Å². The van der Waals surface area contributed by atoms with Gasteiger partial charge in [0.15, 0.2) is 4.96 Å². The molecule has 6 nitrogen and oxygen atoms in total. The molecule has 2 aromatic heterocycles. The molecule has 3 heterocycles. The number of aromatic nitrogens is 2. The second-order valence-electron chi connectivity index (χ2n) is 6.46. The van der Waals surface area contributed by atoms with Crippen LogP contribution in [0.25, 0.3) is 16.2 Å². The zero-order valence-electron chi connectivity index (χ0n) is 14.9. The second kappa shape index (κ2) is 5.95. The molecule has 7 heteroatoms. The van der Waals surface area contributed by atoms with E-state index in [0.717, 1.165) is 40.3 Å². The van der Waals surface area contributed by atoms with Gasteiger partial charge in [-0.3, -0.25) is 9.20 Å². The summed E-state index contributed by atoms with van der Waals surface area (Å²) in [5.74, 6) is -0.843. The third-order valence-electron chi connectivity index (χ3n) is 4.96. The van der Waals surface area contributed by atoms with E-state index in [2.05, 4.69) is 6.07 Å². The number of amides is 1. The van der Waals surface area contributed by atoms with Gasteiger partial charge in [0.25, 0.3) is 0 Å². The molecule has 1 aliphatic rings. The van der Waals surface area contributed by atoms with Crippen LogP contribution in [0, 0.1) is 6.92 Å². The SMILES string of the molecule is CCc1c(C(=O)O)sc2nc(-c3ccc4c(c3)CCN4C(C)=O)c(C)n12. The predicted octanol–water partition coefficient (Wildman–Crippen LogP) is 3.54. The molecule has 0 radical (unpaired) electrons. The van der Waals surface area contributed by atoms with E-state index in [-0.39, 0.29) is 5.91 Å². The van der Waals surface area contributed by atoms with Crippen molar-refractivity contribution in [1.29, 1.82) is 0 Å². The van der Waals surface area contributed by atoms with Crippen LogP contribution in [0.1, 0.15) is 40.5 Å². The molecule has 1 amide bonds. The highest BCUT2D eigenvalue weighted by Gasteiger charge is 2.25. The maximum absolute atomic E-state index is 11.7. The van der Waals surface area contributed by atoms with E-state index in [0.29, 0.717) is 22.8 Å². The number of nitrogens with zero attached hydrogens (tertiary/aromatic N) is 3. The summed E-state index contributed by atoms with van der Waals surface area (Å²) in [7, 11) is 0. The number of thiazole rings is 1. The quantitative estimate of drug-likeness (QED) is 0.766. The molecule has 1 aromatic carbocycles. The molecule has 3 aromatic rings. The van der Waals surface area contributed by atoms with E-state index < -0.39 is 5.97 Å². The first-order valence-electron chi connectivity index (χ1n) is 8.57. The number of hydrogen-bond acceptors (Lipinski definition) is 4. The van der Waals surface area contributed by atoms with Crippen LogP contribution in [-0.2, 0) is 17.6 Å². The Morgan fingerprint density at radius 2 is 2.12 bits per heavy atom. The number of carbonyl (C=O) groups excluding carboxylic acids is 1. The van der Waals surface area contributed by atoms with Gasteiger partial charge in [-0.25, -0.2) is 9.78 Å². The number of aromatic carboxylic acids is 1. The number of rotatable bonds is 3. The van der Waals surface area contributed by atoms with E-state index in [9.17, 15) is 14.7 Å². The first kappa shape index (κ1) is 16.8. The minimum Gasteiger partial charge on any atom is -0.477 e. The van der Waals surface area contributed by atoms with Crippen LogP contribution in [0.4, 0.5) is 5.69 Å². The van der Waals surface area contributed by atoms with Crippen molar-refractivity contribution >= 4 is 33.9 Å². The summed E-state index contributed by atoms with van der Waals surface area (Å²) in [6, 6.07) is 6.07. The topological polar surface area (TPSA) is 74.9 Å². The van der Waals surface area contributed by atoms with Gasteiger partial charge >= 0.3 is 5.97 Å². The van der Waals surface area contributed by atoms with Crippen LogP contribution in [0.5, 0.6) is 0 Å². The molecule has 0 fully saturated rings. The number of aryl methyl sites for hydroxylation is 2. The maximum Gasteiger partial charge on any atom is 0.347 e. The second-order valence-corrected chi connectivity index (χ2v) is 7.44. The number of carbonyl (C=O) groups is 2. The predicted molar refractivity (Wildman–Crippen MR) is 101 cm³/mol. The lowest BCUT2D eigenvalue weighted by Crippen LogP contribution is -2.25. The fourth-order valence-electron chi connectivity index (χ4n) is 3.75. The smallest absolute Gasteiger partial charge is 0.347 e. The average molecular weight is 369 g/mol. The normalized spacial score (nSPS) is 13.4. The Labute approximate surface area is 154 Å². The number of carboxylic acid groups (broad SMARTS) is 1. The number of imidazole rings is 1. The third-order valence-corrected chi connectivity index (χ3v) is 6.03. The highest BCUT2D eigenvalue weighted by atomic mass is 32.1. The zero-order chi connectivity index (χ0) is 18.6. The summed E-state index contributed by atoms with van der Waals surface area (Å²) in [6.07, 6.45) is 1.48. The summed E-state index contributed by atoms with van der Waals surface area (Å²) < 4.78 is 1.96. The van der Waals surface area contributed by atoms with Gasteiger partial charge in [0, 0.05) is 36.1 Å². The highest BCUT2D eigenvalue weighted by Crippen LogP contribution is 2.35. The average Bonchev–Trinajstić information content (AvgIpc) is 3.26. The molecule has 0 unspecified atom stereocenters. The molecule has 26 heavy (non-hydrogen) atoms. The Balaban J connectivity index is 1.83. The van der Waals surface area contributed by atoms with Crippen molar-refractivity contribution in [3.63, 3.8) is 0 Å². The molecule has 0 saturated heterocycles. The summed E-state index contributed by atoms with van der Waals surface area (Å²) in [6.45, 7) is 6.23. The Kier molecular flexibility index (Phi) is 3.84. The summed E-state index contributed by atoms with van der Waals surface area (Å²) in [5, 5.41) is 9.41. The van der Waals surface area contributed by atoms with Crippen LogP contribution in [-0.4, -0.2) is 32.9 Å². The molecular formula is C19H19N3O3S. The van der Waals surface area contributed by atoms with Crippen molar-refractivity contribution in [1.82, 2.24) is 9.38 Å². The summed E-state index contributed by atoms with van der Waals surface area (Å²) in [5.41, 5.74) is 5.73. The van der Waals surface area contributed by atoms with Gasteiger partial charge < -0.3 is 10.0 Å². The zero-order valence-corrected chi connectivity index (χ0v) is 15.7. The van der Waals surface area contributed by atoms with Gasteiger partial charge in [0.05, 0.1) is 5.69 Å². The monoisotopic (exact) mass is 369 g/mol. The Bertz CT molecular complexity index is 1060. The van der Waals surface area contributed by atoms with Gasteiger partial charge in [-0.05, 0) is 37.5 Å². The lowest BCUT2D eigenvalue weighted by Gasteiger charge is -2.14. The maximum atomic E-state index is 11.7. The number of anilines is 1. The lowest BCUT2D eigenvalue weighted by atomic mass is 10.0. The van der Waals surface area contributed by atoms with Crippen LogP contribution < -0.4 is 4.90 Å². The van der Waals surface area contributed by atoms with Crippen LogP contribution in [0.3, 0.4) is 0 Å². The lowest BCUT2D eigenvalue weighted by molar-refractivity contribution is -0.116. The highest BCUT2D eigenvalue weighted by molar-refractivity contribution is 7.19. The van der Waals surface area contributed by atoms with Crippen LogP contribution in [0.15, 0.2) is 18.2 Å². The molecule has 4 rings (SSSR count). The van der Waals surface area contributed by atoms with E-state index in [1.54, 1.807) is 11.8 Å². The van der Waals surface area contributed by atoms with Crippen molar-refractivity contribution in [2.45, 2.75) is 33.6 Å². The van der Waals surface area contributed by atoms with Gasteiger partial charge in [0.2, 0.25) is 5.91 Å². The van der Waals surface area contributed by atoms with Gasteiger partial charge in [-0.15, -0.1) is 0 Å². The summed E-state index contributed by atoms with van der Waals surface area (Å²) in [4.78, 5) is 30.8. The minimum absolute atomic E-state index is 0.0592. The first-order valence-corrected chi connectivity index (χ1v) is 9.39. The standard InChI is InChI=1S/C19H19N3O3S/c1-4-14-17(18(24)25)26-19-20-16(10(2)22(14)19)13-5-6-15-12(9-13)7-8-21(15)11(3)23/h5-6,9H,4,7-8H2,1-3H3,(H,24,25). The van der Waals surface area contributed by atoms with Crippen LogP contribution >= 0.6 is 11.3 Å².